The van der Waals surface area contributed by atoms with Gasteiger partial charge in [-0.25, -0.2) is 9.67 Å². The summed E-state index contributed by atoms with van der Waals surface area (Å²) >= 11 is 0. The molecule has 0 saturated heterocycles. The number of carbonyl (C=O) groups is 1. The number of hydrogen-bond donors (Lipinski definition) is 1. The van der Waals surface area contributed by atoms with Gasteiger partial charge in [0.25, 0.3) is 11.3 Å². The molecule has 0 spiro atoms. The molecular weight excluding hydrogens is 334 g/mol. The van der Waals surface area contributed by atoms with E-state index in [1.165, 1.54) is 10.9 Å². The summed E-state index contributed by atoms with van der Waals surface area (Å²) in [5.74, 6) is -0.371. The monoisotopic (exact) mass is 349 g/mol. The number of amides is 1. The van der Waals surface area contributed by atoms with Crippen LogP contribution in [0.3, 0.4) is 0 Å². The van der Waals surface area contributed by atoms with E-state index in [9.17, 15) is 9.59 Å². The number of fused-ring (bicyclic) bond motifs is 2. The molecule has 0 radical (unpaired) electrons. The fourth-order valence-corrected chi connectivity index (χ4v) is 2.86. The number of carbonyl (C=O) groups excluding carboxylic acids is 1. The molecule has 0 aliphatic rings. The van der Waals surface area contributed by atoms with Crippen molar-refractivity contribution in [1.82, 2.24) is 19.9 Å². The summed E-state index contributed by atoms with van der Waals surface area (Å²) in [6.07, 6.45) is 1.48. The van der Waals surface area contributed by atoms with E-state index >= 15 is 0 Å². The smallest absolute Gasteiger partial charge is 0.275 e. The molecule has 26 heavy (non-hydrogen) atoms. The molecule has 0 aliphatic carbocycles. The third-order valence-corrected chi connectivity index (χ3v) is 4.14. The lowest BCUT2D eigenvalue weighted by molar-refractivity contribution is -0.117. The molecule has 0 fully saturated rings. The van der Waals surface area contributed by atoms with Crippen LogP contribution in [-0.2, 0) is 11.3 Å². The Morgan fingerprint density at radius 2 is 1.92 bits per heavy atom. The Kier molecular flexibility index (Phi) is 3.72. The molecule has 8 nitrogen and oxygen atoms in total. The van der Waals surface area contributed by atoms with Crippen molar-refractivity contribution in [1.29, 1.82) is 0 Å². The van der Waals surface area contributed by atoms with Gasteiger partial charge in [-0.1, -0.05) is 23.4 Å². The van der Waals surface area contributed by atoms with Crippen molar-refractivity contribution in [3.05, 3.63) is 58.3 Å². The van der Waals surface area contributed by atoms with Crippen molar-refractivity contribution in [2.24, 2.45) is 0 Å². The lowest BCUT2D eigenvalue weighted by atomic mass is 10.1. The molecule has 0 aliphatic heterocycles. The van der Waals surface area contributed by atoms with E-state index in [1.807, 2.05) is 19.1 Å². The number of nitrogens with one attached hydrogen (secondary N) is 1. The van der Waals surface area contributed by atoms with Crippen LogP contribution in [0.5, 0.6) is 0 Å². The number of benzene rings is 1. The van der Waals surface area contributed by atoms with E-state index in [4.69, 9.17) is 4.52 Å². The maximum atomic E-state index is 12.5. The Morgan fingerprint density at radius 1 is 1.15 bits per heavy atom. The van der Waals surface area contributed by atoms with Gasteiger partial charge in [0.2, 0.25) is 5.91 Å². The zero-order valence-electron chi connectivity index (χ0n) is 14.2. The molecule has 1 amide bonds. The predicted molar refractivity (Wildman–Crippen MR) is 95.9 cm³/mol. The molecule has 3 heterocycles. The topological polar surface area (TPSA) is 103 Å². The molecule has 1 N–H and O–H groups in total. The van der Waals surface area contributed by atoms with E-state index in [2.05, 4.69) is 20.6 Å². The van der Waals surface area contributed by atoms with Crippen LogP contribution >= 0.6 is 0 Å². The molecule has 130 valence electrons. The van der Waals surface area contributed by atoms with E-state index in [0.717, 1.165) is 10.8 Å². The molecule has 0 unspecified atom stereocenters. The van der Waals surface area contributed by atoms with Gasteiger partial charge in [0.15, 0.2) is 0 Å². The highest BCUT2D eigenvalue weighted by Crippen LogP contribution is 2.19. The number of pyridine rings is 1. The second-order valence-electron chi connectivity index (χ2n) is 5.99. The van der Waals surface area contributed by atoms with E-state index in [-0.39, 0.29) is 18.0 Å². The van der Waals surface area contributed by atoms with Crippen LogP contribution in [0, 0.1) is 13.8 Å². The maximum Gasteiger partial charge on any atom is 0.275 e. The first-order valence-electron chi connectivity index (χ1n) is 8.01. The molecule has 0 atom stereocenters. The highest BCUT2D eigenvalue weighted by atomic mass is 16.5. The molecule has 4 rings (SSSR count). The summed E-state index contributed by atoms with van der Waals surface area (Å²) in [7, 11) is 0. The first-order chi connectivity index (χ1) is 12.5. The number of rotatable bonds is 3. The molecule has 0 bridgehead atoms. The van der Waals surface area contributed by atoms with Gasteiger partial charge in [-0.3, -0.25) is 9.59 Å². The first-order valence-corrected chi connectivity index (χ1v) is 8.01. The summed E-state index contributed by atoms with van der Waals surface area (Å²) in [6, 6.07) is 8.94. The Hall–Kier alpha value is -3.55. The van der Waals surface area contributed by atoms with E-state index in [0.29, 0.717) is 28.2 Å². The van der Waals surface area contributed by atoms with Crippen molar-refractivity contribution >= 4 is 33.5 Å². The number of anilines is 1. The maximum absolute atomic E-state index is 12.5. The summed E-state index contributed by atoms with van der Waals surface area (Å²) in [5, 5.41) is 12.8. The van der Waals surface area contributed by atoms with Gasteiger partial charge < -0.3 is 9.84 Å². The average molecular weight is 349 g/mol. The van der Waals surface area contributed by atoms with Gasteiger partial charge in [0.05, 0.1) is 34.0 Å². The van der Waals surface area contributed by atoms with Crippen molar-refractivity contribution < 1.29 is 9.32 Å². The molecule has 3 aromatic heterocycles. The standard InChI is InChI=1S/C18H15N5O3/c1-10-13-5-3-4-6-14(13)18(25)23(21-10)9-16(24)20-12-7-15-11(2)22-26-17(15)19-8-12/h3-8H,9H2,1-2H3,(H,20,24). The fraction of sp³-hybridized carbons (Fsp3) is 0.167. The van der Waals surface area contributed by atoms with Crippen molar-refractivity contribution in [3.8, 4) is 0 Å². The van der Waals surface area contributed by atoms with Crippen LogP contribution in [0.4, 0.5) is 5.69 Å². The molecule has 0 saturated carbocycles. The van der Waals surface area contributed by atoms with E-state index in [1.54, 1.807) is 25.1 Å². The highest BCUT2D eigenvalue weighted by Gasteiger charge is 2.12. The zero-order chi connectivity index (χ0) is 18.3. The summed E-state index contributed by atoms with van der Waals surface area (Å²) in [6.45, 7) is 3.41. The normalized spacial score (nSPS) is 11.2. The fourth-order valence-electron chi connectivity index (χ4n) is 2.86. The molecule has 1 aromatic carbocycles. The minimum atomic E-state index is -0.371. The van der Waals surface area contributed by atoms with Crippen LogP contribution in [0.25, 0.3) is 21.9 Å². The van der Waals surface area contributed by atoms with Crippen molar-refractivity contribution in [3.63, 3.8) is 0 Å². The lowest BCUT2D eigenvalue weighted by Crippen LogP contribution is -2.30. The minimum absolute atomic E-state index is 0.189. The second-order valence-corrected chi connectivity index (χ2v) is 5.99. The average Bonchev–Trinajstić information content (AvgIpc) is 3.00. The van der Waals surface area contributed by atoms with Gasteiger partial charge in [0, 0.05) is 5.39 Å². The Balaban J connectivity index is 1.61. The minimum Gasteiger partial charge on any atom is -0.336 e. The van der Waals surface area contributed by atoms with Crippen LogP contribution in [0.1, 0.15) is 11.4 Å². The summed E-state index contributed by atoms with van der Waals surface area (Å²) in [4.78, 5) is 29.0. The molecular formula is C18H15N5O3. The number of aryl methyl sites for hydroxylation is 2. The van der Waals surface area contributed by atoms with Crippen LogP contribution < -0.4 is 10.9 Å². The van der Waals surface area contributed by atoms with Crippen LogP contribution in [-0.4, -0.2) is 25.8 Å². The Morgan fingerprint density at radius 3 is 2.73 bits per heavy atom. The van der Waals surface area contributed by atoms with Gasteiger partial charge in [-0.15, -0.1) is 0 Å². The number of aromatic nitrogens is 4. The second kappa shape index (κ2) is 6.07. The quantitative estimate of drug-likeness (QED) is 0.608. The van der Waals surface area contributed by atoms with Crippen molar-refractivity contribution in [2.45, 2.75) is 20.4 Å². The van der Waals surface area contributed by atoms with Gasteiger partial charge in [-0.05, 0) is 26.0 Å². The zero-order valence-corrected chi connectivity index (χ0v) is 14.2. The van der Waals surface area contributed by atoms with Crippen LogP contribution in [0.15, 0.2) is 45.8 Å². The third-order valence-electron chi connectivity index (χ3n) is 4.14. The molecule has 4 aromatic rings. The predicted octanol–water partition coefficient (Wildman–Crippen LogP) is 2.19. The third kappa shape index (κ3) is 2.71. The van der Waals surface area contributed by atoms with Gasteiger partial charge >= 0.3 is 0 Å². The Bertz CT molecular complexity index is 1210. The molecule has 8 heteroatoms. The number of nitrogens with zero attached hydrogens (tertiary/aromatic N) is 4. The van der Waals surface area contributed by atoms with Crippen molar-refractivity contribution in [2.75, 3.05) is 5.32 Å². The van der Waals surface area contributed by atoms with Crippen LogP contribution in [0.2, 0.25) is 0 Å². The lowest BCUT2D eigenvalue weighted by Gasteiger charge is -2.09. The Labute approximate surface area is 147 Å². The largest absolute Gasteiger partial charge is 0.336 e. The highest BCUT2D eigenvalue weighted by molar-refractivity contribution is 5.93. The number of hydrogen-bond acceptors (Lipinski definition) is 6. The van der Waals surface area contributed by atoms with E-state index < -0.39 is 0 Å². The van der Waals surface area contributed by atoms with Gasteiger partial charge in [0.1, 0.15) is 6.54 Å². The van der Waals surface area contributed by atoms with Gasteiger partial charge in [-0.2, -0.15) is 5.10 Å². The summed E-state index contributed by atoms with van der Waals surface area (Å²) < 4.78 is 6.22. The summed E-state index contributed by atoms with van der Waals surface area (Å²) in [5.41, 5.74) is 1.98. The SMILES string of the molecule is Cc1noc2ncc(NC(=O)Cn3nc(C)c4ccccc4c3=O)cc12. The first kappa shape index (κ1) is 15.9.